The van der Waals surface area contributed by atoms with Gasteiger partial charge in [0.2, 0.25) is 0 Å². The average molecular weight is 366 g/mol. The van der Waals surface area contributed by atoms with Crippen molar-refractivity contribution in [3.8, 4) is 11.4 Å². The lowest BCUT2D eigenvalue weighted by Crippen LogP contribution is -2.30. The van der Waals surface area contributed by atoms with E-state index in [1.54, 1.807) is 18.5 Å². The number of primary amides is 1. The first kappa shape index (κ1) is 16.5. The number of H-pyrrole nitrogens is 1. The Hall–Kier alpha value is -2.93. The molecule has 0 aliphatic carbocycles. The van der Waals surface area contributed by atoms with Gasteiger partial charge < -0.3 is 15.6 Å². The van der Waals surface area contributed by atoms with Crippen LogP contribution >= 0.6 is 11.3 Å². The normalized spacial score (nSPS) is 16.8. The molecule has 1 aliphatic heterocycles. The Kier molecular flexibility index (Phi) is 4.30. The number of thiophene rings is 1. The summed E-state index contributed by atoms with van der Waals surface area (Å²) in [6.07, 6.45) is 5.23. The molecular formula is C19H18N4O2S. The summed E-state index contributed by atoms with van der Waals surface area (Å²) < 4.78 is 0. The minimum absolute atomic E-state index is 0.0199. The van der Waals surface area contributed by atoms with Crippen LogP contribution in [-0.4, -0.2) is 33.2 Å². The number of benzene rings is 1. The molecule has 4 rings (SSSR count). The largest absolute Gasteiger partial charge is 0.365 e. The summed E-state index contributed by atoms with van der Waals surface area (Å²) in [5.74, 6) is 0.227. The van der Waals surface area contributed by atoms with Gasteiger partial charge in [0.05, 0.1) is 16.5 Å². The van der Waals surface area contributed by atoms with E-state index < -0.39 is 5.91 Å². The number of hydrogen-bond donors (Lipinski definition) is 2. The van der Waals surface area contributed by atoms with Crippen molar-refractivity contribution in [1.29, 1.82) is 0 Å². The van der Waals surface area contributed by atoms with Crippen LogP contribution < -0.4 is 5.73 Å². The topological polar surface area (TPSA) is 92.1 Å². The smallest absolute Gasteiger partial charge is 0.258 e. The maximum atomic E-state index is 13.3. The minimum Gasteiger partial charge on any atom is -0.365 e. The molecule has 6 nitrogen and oxygen atoms in total. The van der Waals surface area contributed by atoms with Crippen molar-refractivity contribution in [3.05, 3.63) is 64.1 Å². The maximum Gasteiger partial charge on any atom is 0.258 e. The van der Waals surface area contributed by atoms with Gasteiger partial charge in [-0.05, 0) is 31.0 Å². The summed E-state index contributed by atoms with van der Waals surface area (Å²) in [7, 11) is 0. The van der Waals surface area contributed by atoms with Crippen LogP contribution in [0.25, 0.3) is 11.4 Å². The van der Waals surface area contributed by atoms with Gasteiger partial charge in [-0.1, -0.05) is 18.2 Å². The summed E-state index contributed by atoms with van der Waals surface area (Å²) in [5, 5.41) is 0. The molecule has 7 heteroatoms. The van der Waals surface area contributed by atoms with Crippen molar-refractivity contribution < 1.29 is 9.59 Å². The zero-order chi connectivity index (χ0) is 18.1. The fourth-order valence-corrected chi connectivity index (χ4v) is 4.42. The number of aromatic nitrogens is 2. The highest BCUT2D eigenvalue weighted by Gasteiger charge is 2.33. The first-order chi connectivity index (χ1) is 12.6. The van der Waals surface area contributed by atoms with Crippen molar-refractivity contribution in [2.75, 3.05) is 6.54 Å². The lowest BCUT2D eigenvalue weighted by Gasteiger charge is -2.24. The van der Waals surface area contributed by atoms with Crippen LogP contribution in [0, 0.1) is 0 Å². The molecule has 0 bridgehead atoms. The molecule has 0 radical (unpaired) electrons. The van der Waals surface area contributed by atoms with E-state index in [-0.39, 0.29) is 11.9 Å². The molecule has 1 aromatic carbocycles. The number of aromatic amines is 1. The molecule has 0 saturated carbocycles. The number of carbonyl (C=O) groups is 2. The van der Waals surface area contributed by atoms with Gasteiger partial charge in [0.15, 0.2) is 0 Å². The Morgan fingerprint density at radius 1 is 1.23 bits per heavy atom. The van der Waals surface area contributed by atoms with Crippen LogP contribution in [-0.2, 0) is 0 Å². The van der Waals surface area contributed by atoms with Crippen LogP contribution in [0.3, 0.4) is 0 Å². The second kappa shape index (κ2) is 6.76. The maximum absolute atomic E-state index is 13.3. The van der Waals surface area contributed by atoms with Gasteiger partial charge >= 0.3 is 0 Å². The molecule has 1 fully saturated rings. The van der Waals surface area contributed by atoms with Crippen molar-refractivity contribution >= 4 is 23.2 Å². The molecule has 1 atom stereocenters. The number of likely N-dealkylation sites (tertiary alicyclic amines) is 1. The molecule has 2 aromatic heterocycles. The van der Waals surface area contributed by atoms with E-state index in [0.29, 0.717) is 22.8 Å². The van der Waals surface area contributed by atoms with E-state index in [1.165, 1.54) is 11.3 Å². The molecule has 3 N–H and O–H groups in total. The number of amides is 2. The Bertz CT molecular complexity index is 948. The standard InChI is InChI=1S/C19H18N4O2S/c20-17(24)16-8-7-15(26-16)14-6-3-11-23(14)19(25)13-5-2-1-4-12(13)18-21-9-10-22-18/h1-2,4-5,7-10,14H,3,6,11H2,(H2,20,24)(H,21,22)/t14-/m0/s1. The Morgan fingerprint density at radius 2 is 2.08 bits per heavy atom. The first-order valence-electron chi connectivity index (χ1n) is 8.44. The predicted octanol–water partition coefficient (Wildman–Crippen LogP) is 3.21. The van der Waals surface area contributed by atoms with Crippen molar-refractivity contribution in [3.63, 3.8) is 0 Å². The third-order valence-electron chi connectivity index (χ3n) is 4.62. The number of hydrogen-bond acceptors (Lipinski definition) is 4. The van der Waals surface area contributed by atoms with Gasteiger partial charge in [0.25, 0.3) is 11.8 Å². The second-order valence-corrected chi connectivity index (χ2v) is 7.32. The van der Waals surface area contributed by atoms with E-state index in [2.05, 4.69) is 9.97 Å². The van der Waals surface area contributed by atoms with Crippen molar-refractivity contribution in [2.24, 2.45) is 5.73 Å². The fraction of sp³-hybridized carbons (Fsp3) is 0.211. The third-order valence-corrected chi connectivity index (χ3v) is 5.82. The molecule has 1 saturated heterocycles. The summed E-state index contributed by atoms with van der Waals surface area (Å²) in [6.45, 7) is 0.694. The molecule has 3 aromatic rings. The molecule has 1 aliphatic rings. The van der Waals surface area contributed by atoms with Crippen LogP contribution in [0.5, 0.6) is 0 Å². The zero-order valence-electron chi connectivity index (χ0n) is 14.0. The summed E-state index contributed by atoms with van der Waals surface area (Å²) >= 11 is 1.37. The SMILES string of the molecule is NC(=O)c1ccc([C@@H]2CCCN2C(=O)c2ccccc2-c2ncc[nH]2)s1. The zero-order valence-corrected chi connectivity index (χ0v) is 14.8. The summed E-state index contributed by atoms with van der Waals surface area (Å²) in [4.78, 5) is 35.4. The van der Waals surface area contributed by atoms with E-state index in [9.17, 15) is 9.59 Å². The monoisotopic (exact) mass is 366 g/mol. The van der Waals surface area contributed by atoms with E-state index in [0.717, 1.165) is 23.3 Å². The Labute approximate surface area is 154 Å². The van der Waals surface area contributed by atoms with Gasteiger partial charge in [0.1, 0.15) is 5.82 Å². The fourth-order valence-electron chi connectivity index (χ4n) is 3.41. The number of nitrogens with two attached hydrogens (primary N) is 1. The molecular weight excluding hydrogens is 348 g/mol. The van der Waals surface area contributed by atoms with Gasteiger partial charge in [0, 0.05) is 29.4 Å². The van der Waals surface area contributed by atoms with Gasteiger partial charge in [-0.15, -0.1) is 11.3 Å². The van der Waals surface area contributed by atoms with E-state index >= 15 is 0 Å². The first-order valence-corrected chi connectivity index (χ1v) is 9.26. The predicted molar refractivity (Wildman–Crippen MR) is 99.9 cm³/mol. The molecule has 132 valence electrons. The minimum atomic E-state index is -0.430. The Balaban J connectivity index is 1.66. The summed E-state index contributed by atoms with van der Waals surface area (Å²) in [6, 6.07) is 11.1. The van der Waals surface area contributed by atoms with Crippen LogP contribution in [0.15, 0.2) is 48.8 Å². The number of imidazole rings is 1. The van der Waals surface area contributed by atoms with Crippen LogP contribution in [0.2, 0.25) is 0 Å². The molecule has 0 unspecified atom stereocenters. The number of carbonyl (C=O) groups excluding carboxylic acids is 2. The number of nitrogens with one attached hydrogen (secondary N) is 1. The lowest BCUT2D eigenvalue weighted by molar-refractivity contribution is 0.0738. The van der Waals surface area contributed by atoms with Crippen LogP contribution in [0.1, 0.15) is 43.8 Å². The highest BCUT2D eigenvalue weighted by atomic mass is 32.1. The summed E-state index contributed by atoms with van der Waals surface area (Å²) in [5.41, 5.74) is 6.78. The molecule has 0 spiro atoms. The van der Waals surface area contributed by atoms with E-state index in [1.807, 2.05) is 35.2 Å². The van der Waals surface area contributed by atoms with Crippen LogP contribution in [0.4, 0.5) is 0 Å². The van der Waals surface area contributed by atoms with E-state index in [4.69, 9.17) is 5.73 Å². The highest BCUT2D eigenvalue weighted by molar-refractivity contribution is 7.14. The van der Waals surface area contributed by atoms with Gasteiger partial charge in [-0.3, -0.25) is 9.59 Å². The van der Waals surface area contributed by atoms with Gasteiger partial charge in [-0.25, -0.2) is 4.98 Å². The third kappa shape index (κ3) is 2.90. The highest BCUT2D eigenvalue weighted by Crippen LogP contribution is 2.37. The van der Waals surface area contributed by atoms with Crippen molar-refractivity contribution in [2.45, 2.75) is 18.9 Å². The number of rotatable bonds is 4. The number of nitrogens with zero attached hydrogens (tertiary/aromatic N) is 2. The lowest BCUT2D eigenvalue weighted by atomic mass is 10.0. The molecule has 3 heterocycles. The second-order valence-electron chi connectivity index (χ2n) is 6.21. The Morgan fingerprint density at radius 3 is 2.81 bits per heavy atom. The van der Waals surface area contributed by atoms with Gasteiger partial charge in [-0.2, -0.15) is 0 Å². The molecule has 26 heavy (non-hydrogen) atoms. The van der Waals surface area contributed by atoms with Crippen molar-refractivity contribution in [1.82, 2.24) is 14.9 Å². The average Bonchev–Trinajstić information content (AvgIpc) is 3.41. The molecule has 2 amide bonds. The quantitative estimate of drug-likeness (QED) is 0.742.